The van der Waals surface area contributed by atoms with Gasteiger partial charge in [0.1, 0.15) is 10.7 Å². The summed E-state index contributed by atoms with van der Waals surface area (Å²) in [5.41, 5.74) is 0.519. The first-order valence-electron chi connectivity index (χ1n) is 6.86. The highest BCUT2D eigenvalue weighted by Gasteiger charge is 2.21. The Bertz CT molecular complexity index is 650. The van der Waals surface area contributed by atoms with Crippen molar-refractivity contribution < 1.29 is 4.79 Å². The molecule has 1 amide bonds. The van der Waals surface area contributed by atoms with Crippen molar-refractivity contribution in [2.45, 2.75) is 31.8 Å². The maximum atomic E-state index is 12.3. The number of halogens is 3. The maximum Gasteiger partial charge on any atom is 0.270 e. The lowest BCUT2D eigenvalue weighted by Crippen LogP contribution is -2.46. The summed E-state index contributed by atoms with van der Waals surface area (Å²) in [5, 5.41) is 11.2. The highest BCUT2D eigenvalue weighted by molar-refractivity contribution is 9.10. The molecular formula is C14H18BrCl2N3OS2. The van der Waals surface area contributed by atoms with Gasteiger partial charge < -0.3 is 10.6 Å². The SMILES string of the molecule is CC1CC(NC(=O)c2csc(-c3cc(Br)cs3)n2)CCN1.Cl.Cl. The maximum absolute atomic E-state index is 12.3. The minimum atomic E-state index is -0.0628. The molecule has 23 heavy (non-hydrogen) atoms. The zero-order chi connectivity index (χ0) is 14.8. The van der Waals surface area contributed by atoms with E-state index in [-0.39, 0.29) is 36.8 Å². The molecule has 4 nitrogen and oxygen atoms in total. The average molecular weight is 459 g/mol. The van der Waals surface area contributed by atoms with Crippen molar-refractivity contribution in [3.05, 3.63) is 27.0 Å². The third kappa shape index (κ3) is 5.41. The van der Waals surface area contributed by atoms with Crippen LogP contribution in [0.1, 0.15) is 30.3 Å². The third-order valence-corrected chi connectivity index (χ3v) is 6.18. The van der Waals surface area contributed by atoms with Crippen LogP contribution in [0.4, 0.5) is 0 Å². The number of nitrogens with one attached hydrogen (secondary N) is 2. The number of amides is 1. The molecule has 1 saturated heterocycles. The Labute approximate surface area is 164 Å². The number of hydrogen-bond donors (Lipinski definition) is 2. The molecule has 1 aliphatic heterocycles. The molecule has 1 fully saturated rings. The van der Waals surface area contributed by atoms with Crippen LogP contribution in [0, 0.1) is 0 Å². The predicted molar refractivity (Wildman–Crippen MR) is 106 cm³/mol. The summed E-state index contributed by atoms with van der Waals surface area (Å²) in [6.07, 6.45) is 1.95. The highest BCUT2D eigenvalue weighted by atomic mass is 79.9. The van der Waals surface area contributed by atoms with Crippen molar-refractivity contribution in [2.24, 2.45) is 0 Å². The molecule has 2 atom stereocenters. The van der Waals surface area contributed by atoms with E-state index < -0.39 is 0 Å². The Hall–Kier alpha value is -0.180. The number of nitrogens with zero attached hydrogens (tertiary/aromatic N) is 1. The normalized spacial score (nSPS) is 20.3. The van der Waals surface area contributed by atoms with Gasteiger partial charge in [-0.15, -0.1) is 47.5 Å². The Kier molecular flexibility index (Phi) is 8.47. The lowest BCUT2D eigenvalue weighted by Gasteiger charge is -2.28. The van der Waals surface area contributed by atoms with Crippen molar-refractivity contribution in [2.75, 3.05) is 6.54 Å². The van der Waals surface area contributed by atoms with Crippen LogP contribution in [0.2, 0.25) is 0 Å². The topological polar surface area (TPSA) is 54.0 Å². The standard InChI is InChI=1S/C14H16BrN3OS2.2ClH/c1-8-4-10(2-3-16-8)17-13(19)11-7-21-14(18-11)12-5-9(15)6-20-12;;/h5-8,10,16H,2-4H2,1H3,(H,17,19);2*1H. The van der Waals surface area contributed by atoms with Gasteiger partial charge in [-0.05, 0) is 48.3 Å². The molecule has 3 heterocycles. The van der Waals surface area contributed by atoms with Gasteiger partial charge >= 0.3 is 0 Å². The summed E-state index contributed by atoms with van der Waals surface area (Å²) in [4.78, 5) is 17.8. The average Bonchev–Trinajstić information content (AvgIpc) is 3.07. The fourth-order valence-corrected chi connectivity index (χ4v) is 4.75. The molecule has 1 aliphatic rings. The van der Waals surface area contributed by atoms with E-state index in [9.17, 15) is 4.79 Å². The number of aromatic nitrogens is 1. The van der Waals surface area contributed by atoms with E-state index >= 15 is 0 Å². The summed E-state index contributed by atoms with van der Waals surface area (Å²) < 4.78 is 1.05. The van der Waals surface area contributed by atoms with Crippen LogP contribution in [-0.2, 0) is 0 Å². The van der Waals surface area contributed by atoms with Crippen molar-refractivity contribution in [1.82, 2.24) is 15.6 Å². The molecule has 2 N–H and O–H groups in total. The minimum absolute atomic E-state index is 0. The van der Waals surface area contributed by atoms with Gasteiger partial charge in [-0.3, -0.25) is 4.79 Å². The van der Waals surface area contributed by atoms with Crippen molar-refractivity contribution in [3.63, 3.8) is 0 Å². The molecule has 0 aliphatic carbocycles. The molecular weight excluding hydrogens is 441 g/mol. The van der Waals surface area contributed by atoms with E-state index in [1.165, 1.54) is 11.3 Å². The largest absolute Gasteiger partial charge is 0.348 e. The Morgan fingerprint density at radius 3 is 2.83 bits per heavy atom. The van der Waals surface area contributed by atoms with E-state index in [1.54, 1.807) is 11.3 Å². The van der Waals surface area contributed by atoms with Gasteiger partial charge in [-0.2, -0.15) is 0 Å². The molecule has 128 valence electrons. The lowest BCUT2D eigenvalue weighted by atomic mass is 10.0. The second-order valence-corrected chi connectivity index (χ2v) is 7.90. The predicted octanol–water partition coefficient (Wildman–Crippen LogP) is 4.35. The zero-order valence-electron chi connectivity index (χ0n) is 12.4. The second-order valence-electron chi connectivity index (χ2n) is 5.22. The van der Waals surface area contributed by atoms with E-state index in [4.69, 9.17) is 0 Å². The van der Waals surface area contributed by atoms with Crippen molar-refractivity contribution in [1.29, 1.82) is 0 Å². The highest BCUT2D eigenvalue weighted by Crippen LogP contribution is 2.32. The summed E-state index contributed by atoms with van der Waals surface area (Å²) in [6.45, 7) is 3.10. The summed E-state index contributed by atoms with van der Waals surface area (Å²) in [5.74, 6) is -0.0628. The van der Waals surface area contributed by atoms with Crippen LogP contribution < -0.4 is 10.6 Å². The smallest absolute Gasteiger partial charge is 0.270 e. The second kappa shape index (κ2) is 9.34. The first kappa shape index (κ1) is 20.9. The molecule has 2 aromatic rings. The van der Waals surface area contributed by atoms with Gasteiger partial charge in [0.25, 0.3) is 5.91 Å². The van der Waals surface area contributed by atoms with E-state index in [2.05, 4.69) is 38.5 Å². The van der Waals surface area contributed by atoms with E-state index in [0.717, 1.165) is 33.7 Å². The van der Waals surface area contributed by atoms with Gasteiger partial charge in [0.15, 0.2) is 0 Å². The number of carbonyl (C=O) groups is 1. The number of carbonyl (C=O) groups excluding carboxylic acids is 1. The fourth-order valence-electron chi connectivity index (χ4n) is 2.44. The van der Waals surface area contributed by atoms with E-state index in [1.807, 2.05) is 16.8 Å². The van der Waals surface area contributed by atoms with Gasteiger partial charge in [0.2, 0.25) is 0 Å². The van der Waals surface area contributed by atoms with Crippen molar-refractivity contribution in [3.8, 4) is 9.88 Å². The first-order valence-corrected chi connectivity index (χ1v) is 9.41. The van der Waals surface area contributed by atoms with Gasteiger partial charge in [0, 0.05) is 27.3 Å². The molecule has 0 spiro atoms. The Balaban J connectivity index is 0.00000132. The summed E-state index contributed by atoms with van der Waals surface area (Å²) in [7, 11) is 0. The molecule has 0 aromatic carbocycles. The van der Waals surface area contributed by atoms with Crippen LogP contribution >= 0.6 is 63.4 Å². The number of rotatable bonds is 3. The summed E-state index contributed by atoms with van der Waals surface area (Å²) >= 11 is 6.58. The van der Waals surface area contributed by atoms with Crippen LogP contribution in [0.15, 0.2) is 21.3 Å². The summed E-state index contributed by atoms with van der Waals surface area (Å²) in [6, 6.07) is 2.73. The van der Waals surface area contributed by atoms with Gasteiger partial charge in [-0.25, -0.2) is 4.98 Å². The first-order chi connectivity index (χ1) is 10.1. The Morgan fingerprint density at radius 2 is 2.17 bits per heavy atom. The minimum Gasteiger partial charge on any atom is -0.348 e. The van der Waals surface area contributed by atoms with Crippen LogP contribution in [0.3, 0.4) is 0 Å². The molecule has 9 heteroatoms. The van der Waals surface area contributed by atoms with Crippen LogP contribution in [0.5, 0.6) is 0 Å². The molecule has 2 unspecified atom stereocenters. The van der Waals surface area contributed by atoms with Crippen LogP contribution in [-0.4, -0.2) is 29.5 Å². The molecule has 0 saturated carbocycles. The number of thiazole rings is 1. The monoisotopic (exact) mass is 457 g/mol. The zero-order valence-corrected chi connectivity index (χ0v) is 17.2. The number of thiophene rings is 1. The fraction of sp³-hybridized carbons (Fsp3) is 0.429. The number of hydrogen-bond acceptors (Lipinski definition) is 5. The molecule has 2 aromatic heterocycles. The quantitative estimate of drug-likeness (QED) is 0.718. The van der Waals surface area contributed by atoms with Crippen molar-refractivity contribution >= 4 is 69.3 Å². The molecule has 0 radical (unpaired) electrons. The number of piperidine rings is 1. The van der Waals surface area contributed by atoms with Gasteiger partial charge in [-0.1, -0.05) is 0 Å². The lowest BCUT2D eigenvalue weighted by molar-refractivity contribution is 0.0921. The molecule has 0 bridgehead atoms. The Morgan fingerprint density at radius 1 is 1.39 bits per heavy atom. The van der Waals surface area contributed by atoms with E-state index in [0.29, 0.717) is 11.7 Å². The van der Waals surface area contributed by atoms with Gasteiger partial charge in [0.05, 0.1) is 4.88 Å². The third-order valence-electron chi connectivity index (χ3n) is 3.47. The van der Waals surface area contributed by atoms with Crippen LogP contribution in [0.25, 0.3) is 9.88 Å². The molecule has 3 rings (SSSR count).